The molecule has 0 aromatic heterocycles. The summed E-state index contributed by atoms with van der Waals surface area (Å²) in [6.45, 7) is 2.79. The highest BCUT2D eigenvalue weighted by Gasteiger charge is 2.14. The second kappa shape index (κ2) is 11.3. The average molecular weight is 402 g/mol. The van der Waals surface area contributed by atoms with Crippen molar-refractivity contribution in [2.45, 2.75) is 31.9 Å². The lowest BCUT2D eigenvalue weighted by Gasteiger charge is -2.21. The van der Waals surface area contributed by atoms with E-state index in [4.69, 9.17) is 19.9 Å². The van der Waals surface area contributed by atoms with Crippen molar-refractivity contribution in [3.63, 3.8) is 0 Å². The maximum Gasteiger partial charge on any atom is 0.221 e. The number of aliphatic hydroxyl groups excluding tert-OH is 1. The van der Waals surface area contributed by atoms with E-state index >= 15 is 0 Å². The van der Waals surface area contributed by atoms with E-state index in [0.29, 0.717) is 23.8 Å². The van der Waals surface area contributed by atoms with Gasteiger partial charge in [0, 0.05) is 6.04 Å². The van der Waals surface area contributed by atoms with E-state index < -0.39 is 6.10 Å². The van der Waals surface area contributed by atoms with Crippen LogP contribution in [0.15, 0.2) is 42.5 Å². The number of hydrogen-bond acceptors (Lipinski definition) is 6. The molecule has 0 spiro atoms. The van der Waals surface area contributed by atoms with Gasteiger partial charge in [-0.3, -0.25) is 4.79 Å². The van der Waals surface area contributed by atoms with Gasteiger partial charge in [-0.15, -0.1) is 0 Å². The van der Waals surface area contributed by atoms with Gasteiger partial charge in [-0.1, -0.05) is 18.2 Å². The number of nitrogens with two attached hydrogens (primary N) is 1. The Morgan fingerprint density at radius 3 is 2.34 bits per heavy atom. The molecule has 29 heavy (non-hydrogen) atoms. The Hall–Kier alpha value is -2.77. The molecule has 7 nitrogen and oxygen atoms in total. The van der Waals surface area contributed by atoms with Crippen LogP contribution in [0, 0.1) is 0 Å². The van der Waals surface area contributed by atoms with Crippen LogP contribution in [0.3, 0.4) is 0 Å². The SMILES string of the molecule is COc1ccc(CCNC(C)C(O)COc2ccc(CC(N)=O)cc2)cc1OC. The van der Waals surface area contributed by atoms with Crippen molar-refractivity contribution in [3.05, 3.63) is 53.6 Å². The summed E-state index contributed by atoms with van der Waals surface area (Å²) in [6, 6.07) is 12.8. The number of hydrogen-bond donors (Lipinski definition) is 3. The molecule has 0 saturated heterocycles. The maximum absolute atomic E-state index is 10.9. The van der Waals surface area contributed by atoms with Gasteiger partial charge in [0.05, 0.1) is 20.6 Å². The van der Waals surface area contributed by atoms with E-state index in [1.165, 1.54) is 0 Å². The Kier molecular flexibility index (Phi) is 8.76. The third-order valence-electron chi connectivity index (χ3n) is 4.63. The zero-order chi connectivity index (χ0) is 21.2. The van der Waals surface area contributed by atoms with Crippen molar-refractivity contribution in [2.75, 3.05) is 27.4 Å². The zero-order valence-electron chi connectivity index (χ0n) is 17.2. The van der Waals surface area contributed by atoms with Gasteiger partial charge in [-0.25, -0.2) is 0 Å². The molecule has 2 atom stereocenters. The summed E-state index contributed by atoms with van der Waals surface area (Å²) in [5.74, 6) is 1.66. The molecule has 2 unspecified atom stereocenters. The maximum atomic E-state index is 10.9. The molecule has 2 aromatic rings. The number of carbonyl (C=O) groups is 1. The zero-order valence-corrected chi connectivity index (χ0v) is 17.2. The summed E-state index contributed by atoms with van der Waals surface area (Å²) in [5, 5.41) is 13.6. The van der Waals surface area contributed by atoms with Crippen molar-refractivity contribution in [1.82, 2.24) is 5.32 Å². The number of benzene rings is 2. The van der Waals surface area contributed by atoms with Crippen LogP contribution in [0.5, 0.6) is 17.2 Å². The first-order valence-electron chi connectivity index (χ1n) is 9.55. The Morgan fingerprint density at radius 1 is 1.07 bits per heavy atom. The van der Waals surface area contributed by atoms with E-state index in [0.717, 1.165) is 17.5 Å². The molecule has 0 fully saturated rings. The summed E-state index contributed by atoms with van der Waals surface area (Å²) in [4.78, 5) is 10.9. The second-order valence-corrected chi connectivity index (χ2v) is 6.85. The number of nitrogens with one attached hydrogen (secondary N) is 1. The molecule has 158 valence electrons. The molecule has 2 aromatic carbocycles. The molecule has 7 heteroatoms. The first-order valence-corrected chi connectivity index (χ1v) is 9.55. The lowest BCUT2D eigenvalue weighted by molar-refractivity contribution is -0.117. The Bertz CT molecular complexity index is 779. The highest BCUT2D eigenvalue weighted by molar-refractivity contribution is 5.76. The van der Waals surface area contributed by atoms with Crippen LogP contribution in [0.2, 0.25) is 0 Å². The standard InChI is InChI=1S/C22H30N2O5/c1-15(24-11-10-17-6-9-20(27-2)21(12-17)28-3)19(25)14-29-18-7-4-16(5-8-18)13-22(23)26/h4-9,12,15,19,24-25H,10-11,13-14H2,1-3H3,(H2,23,26). The minimum absolute atomic E-state index is 0.135. The van der Waals surface area contributed by atoms with E-state index in [2.05, 4.69) is 5.32 Å². The molecule has 4 N–H and O–H groups in total. The fraction of sp³-hybridized carbons (Fsp3) is 0.409. The van der Waals surface area contributed by atoms with Gasteiger partial charge in [-0.05, 0) is 55.3 Å². The van der Waals surface area contributed by atoms with Crippen LogP contribution in [0.1, 0.15) is 18.1 Å². The summed E-state index contributed by atoms with van der Waals surface area (Å²) >= 11 is 0. The van der Waals surface area contributed by atoms with E-state index in [1.54, 1.807) is 38.5 Å². The molecule has 0 saturated carbocycles. The molecule has 1 amide bonds. The molecule has 2 rings (SSSR count). The first-order chi connectivity index (χ1) is 13.9. The van der Waals surface area contributed by atoms with Gasteiger partial charge < -0.3 is 30.4 Å². The first kappa shape index (κ1) is 22.5. The summed E-state index contributed by atoms with van der Waals surface area (Å²) in [7, 11) is 3.23. The molecular weight excluding hydrogens is 372 g/mol. The van der Waals surface area contributed by atoms with Crippen LogP contribution < -0.4 is 25.3 Å². The topological polar surface area (TPSA) is 103 Å². The minimum Gasteiger partial charge on any atom is -0.493 e. The van der Waals surface area contributed by atoms with E-state index in [1.807, 2.05) is 25.1 Å². The van der Waals surface area contributed by atoms with Crippen molar-refractivity contribution < 1.29 is 24.1 Å². The molecule has 0 heterocycles. The fourth-order valence-corrected chi connectivity index (χ4v) is 2.85. The normalized spacial score (nSPS) is 12.8. The molecular formula is C22H30N2O5. The van der Waals surface area contributed by atoms with E-state index in [-0.39, 0.29) is 25.0 Å². The number of ether oxygens (including phenoxy) is 3. The van der Waals surface area contributed by atoms with Gasteiger partial charge in [-0.2, -0.15) is 0 Å². The highest BCUT2D eigenvalue weighted by Crippen LogP contribution is 2.27. The number of aliphatic hydroxyl groups is 1. The predicted octanol–water partition coefficient (Wildman–Crippen LogP) is 1.69. The van der Waals surface area contributed by atoms with Crippen LogP contribution in [0.4, 0.5) is 0 Å². The minimum atomic E-state index is -0.661. The molecule has 0 aliphatic carbocycles. The van der Waals surface area contributed by atoms with Gasteiger partial charge in [0.15, 0.2) is 11.5 Å². The molecule has 0 aliphatic heterocycles. The van der Waals surface area contributed by atoms with Crippen LogP contribution in [0.25, 0.3) is 0 Å². The van der Waals surface area contributed by atoms with Crippen molar-refractivity contribution in [2.24, 2.45) is 5.73 Å². The monoisotopic (exact) mass is 402 g/mol. The van der Waals surface area contributed by atoms with Crippen molar-refractivity contribution in [1.29, 1.82) is 0 Å². The summed E-state index contributed by atoms with van der Waals surface area (Å²) in [5.41, 5.74) is 7.12. The Labute approximate surface area is 171 Å². The smallest absolute Gasteiger partial charge is 0.221 e. The summed E-state index contributed by atoms with van der Waals surface area (Å²) in [6.07, 6.45) is 0.328. The van der Waals surface area contributed by atoms with Crippen LogP contribution >= 0.6 is 0 Å². The number of rotatable bonds is 12. The van der Waals surface area contributed by atoms with Gasteiger partial charge >= 0.3 is 0 Å². The molecule has 0 aliphatic rings. The number of methoxy groups -OCH3 is 2. The summed E-state index contributed by atoms with van der Waals surface area (Å²) < 4.78 is 16.2. The van der Waals surface area contributed by atoms with Crippen LogP contribution in [-0.4, -0.2) is 50.5 Å². The third-order valence-corrected chi connectivity index (χ3v) is 4.63. The number of carbonyl (C=O) groups excluding carboxylic acids is 1. The largest absolute Gasteiger partial charge is 0.493 e. The lowest BCUT2D eigenvalue weighted by Crippen LogP contribution is -2.41. The lowest BCUT2D eigenvalue weighted by atomic mass is 10.1. The molecule has 0 bridgehead atoms. The second-order valence-electron chi connectivity index (χ2n) is 6.85. The average Bonchev–Trinajstić information content (AvgIpc) is 2.72. The Morgan fingerprint density at radius 2 is 1.72 bits per heavy atom. The predicted molar refractivity (Wildman–Crippen MR) is 112 cm³/mol. The third kappa shape index (κ3) is 7.29. The van der Waals surface area contributed by atoms with Gasteiger partial charge in [0.25, 0.3) is 0 Å². The van der Waals surface area contributed by atoms with Crippen LogP contribution in [-0.2, 0) is 17.6 Å². The molecule has 0 radical (unpaired) electrons. The van der Waals surface area contributed by atoms with E-state index in [9.17, 15) is 9.90 Å². The quantitative estimate of drug-likeness (QED) is 0.499. The van der Waals surface area contributed by atoms with Gasteiger partial charge in [0.2, 0.25) is 5.91 Å². The Balaban J connectivity index is 1.74. The number of amides is 1. The van der Waals surface area contributed by atoms with Crippen molar-refractivity contribution >= 4 is 5.91 Å². The highest BCUT2D eigenvalue weighted by atomic mass is 16.5. The fourth-order valence-electron chi connectivity index (χ4n) is 2.85. The van der Waals surface area contributed by atoms with Gasteiger partial charge in [0.1, 0.15) is 18.5 Å². The van der Waals surface area contributed by atoms with Crippen molar-refractivity contribution in [3.8, 4) is 17.2 Å². The number of primary amides is 1.